The molecule has 1 fully saturated rings. The largest absolute Gasteiger partial charge is 0.383 e. The van der Waals surface area contributed by atoms with E-state index in [4.69, 9.17) is 0 Å². The maximum absolute atomic E-state index is 11.4. The van der Waals surface area contributed by atoms with Gasteiger partial charge in [0.25, 0.3) is 0 Å². The fraction of sp³-hybridized carbons (Fsp3) is 0.700. The van der Waals surface area contributed by atoms with Crippen molar-refractivity contribution in [2.24, 2.45) is 11.3 Å². The maximum Gasteiger partial charge on any atom is 0.160 e. The molecule has 1 saturated carbocycles. The summed E-state index contributed by atoms with van der Waals surface area (Å²) in [6, 6.07) is 0. The number of rotatable bonds is 3. The zero-order chi connectivity index (χ0) is 9.35. The summed E-state index contributed by atoms with van der Waals surface area (Å²) in [5.74, 6) is 0.544. The van der Waals surface area contributed by atoms with Gasteiger partial charge in [0.2, 0.25) is 0 Å². The first-order valence-corrected chi connectivity index (χ1v) is 4.32. The lowest BCUT2D eigenvalue weighted by Gasteiger charge is -2.03. The Bertz CT molecular complexity index is 216. The van der Waals surface area contributed by atoms with Crippen LogP contribution >= 0.6 is 0 Å². The topological polar surface area (TPSA) is 20.3 Å². The molecule has 12 heavy (non-hydrogen) atoms. The van der Waals surface area contributed by atoms with Gasteiger partial charge >= 0.3 is 0 Å². The van der Waals surface area contributed by atoms with Gasteiger partial charge in [0.1, 0.15) is 0 Å². The standard InChI is InChI=1S/C10H17NO/c1-10(2)7-8(10)9(12)5-6-11(3)4/h5-6,8H,7H2,1-4H3/b6-5+. The monoisotopic (exact) mass is 167 g/mol. The molecule has 0 spiro atoms. The summed E-state index contributed by atoms with van der Waals surface area (Å²) < 4.78 is 0. The van der Waals surface area contributed by atoms with Crippen molar-refractivity contribution in [3.63, 3.8) is 0 Å². The zero-order valence-electron chi connectivity index (χ0n) is 8.29. The SMILES string of the molecule is CN(C)/C=C/C(=O)C1CC1(C)C. The second-order valence-corrected chi connectivity index (χ2v) is 4.43. The van der Waals surface area contributed by atoms with Gasteiger partial charge in [-0.3, -0.25) is 4.79 Å². The van der Waals surface area contributed by atoms with Crippen molar-refractivity contribution in [1.82, 2.24) is 4.90 Å². The molecular weight excluding hydrogens is 150 g/mol. The first kappa shape index (κ1) is 9.30. The Morgan fingerprint density at radius 2 is 2.00 bits per heavy atom. The Balaban J connectivity index is 2.42. The minimum Gasteiger partial charge on any atom is -0.383 e. The molecule has 1 aliphatic rings. The number of allylic oxidation sites excluding steroid dienone is 1. The quantitative estimate of drug-likeness (QED) is 0.596. The molecule has 1 aliphatic carbocycles. The van der Waals surface area contributed by atoms with E-state index in [2.05, 4.69) is 13.8 Å². The maximum atomic E-state index is 11.4. The van der Waals surface area contributed by atoms with E-state index < -0.39 is 0 Å². The van der Waals surface area contributed by atoms with E-state index in [0.717, 1.165) is 6.42 Å². The smallest absolute Gasteiger partial charge is 0.160 e. The van der Waals surface area contributed by atoms with E-state index in [9.17, 15) is 4.79 Å². The second-order valence-electron chi connectivity index (χ2n) is 4.43. The highest BCUT2D eigenvalue weighted by Gasteiger charge is 2.49. The third kappa shape index (κ3) is 2.10. The average Bonchev–Trinajstić information content (AvgIpc) is 2.55. The van der Waals surface area contributed by atoms with Crippen LogP contribution in [0.15, 0.2) is 12.3 Å². The van der Waals surface area contributed by atoms with Gasteiger partial charge in [-0.15, -0.1) is 0 Å². The normalized spacial score (nSPS) is 25.8. The third-order valence-corrected chi connectivity index (χ3v) is 2.39. The van der Waals surface area contributed by atoms with Gasteiger partial charge < -0.3 is 4.90 Å². The second kappa shape index (κ2) is 2.92. The Morgan fingerprint density at radius 3 is 2.33 bits per heavy atom. The Morgan fingerprint density at radius 1 is 1.50 bits per heavy atom. The van der Waals surface area contributed by atoms with Crippen LogP contribution in [-0.4, -0.2) is 24.8 Å². The van der Waals surface area contributed by atoms with Crippen molar-refractivity contribution in [2.75, 3.05) is 14.1 Å². The molecular formula is C10H17NO. The van der Waals surface area contributed by atoms with Crippen LogP contribution in [0.25, 0.3) is 0 Å². The van der Waals surface area contributed by atoms with E-state index in [0.29, 0.717) is 0 Å². The van der Waals surface area contributed by atoms with Gasteiger partial charge in [-0.25, -0.2) is 0 Å². The van der Waals surface area contributed by atoms with E-state index in [1.807, 2.05) is 25.2 Å². The summed E-state index contributed by atoms with van der Waals surface area (Å²) in [7, 11) is 3.84. The Kier molecular flexibility index (Phi) is 2.27. The number of hydrogen-bond donors (Lipinski definition) is 0. The van der Waals surface area contributed by atoms with Crippen LogP contribution in [0.3, 0.4) is 0 Å². The fourth-order valence-corrected chi connectivity index (χ4v) is 1.29. The highest BCUT2D eigenvalue weighted by molar-refractivity contribution is 5.94. The molecule has 0 aromatic carbocycles. The van der Waals surface area contributed by atoms with Crippen molar-refractivity contribution >= 4 is 5.78 Å². The summed E-state index contributed by atoms with van der Waals surface area (Å²) in [6.45, 7) is 4.28. The van der Waals surface area contributed by atoms with E-state index in [1.165, 1.54) is 0 Å². The van der Waals surface area contributed by atoms with Gasteiger partial charge in [-0.05, 0) is 17.9 Å². The predicted octanol–water partition coefficient (Wildman–Crippen LogP) is 1.68. The van der Waals surface area contributed by atoms with Crippen LogP contribution in [0.5, 0.6) is 0 Å². The molecule has 2 nitrogen and oxygen atoms in total. The van der Waals surface area contributed by atoms with Gasteiger partial charge in [0.15, 0.2) is 5.78 Å². The molecule has 2 heteroatoms. The first-order chi connectivity index (χ1) is 5.43. The predicted molar refractivity (Wildman–Crippen MR) is 49.7 cm³/mol. The molecule has 68 valence electrons. The Hall–Kier alpha value is -0.790. The summed E-state index contributed by atoms with van der Waals surface area (Å²) in [5.41, 5.74) is 0.258. The van der Waals surface area contributed by atoms with E-state index in [1.54, 1.807) is 6.08 Å². The molecule has 0 aromatic heterocycles. The number of ketones is 1. The molecule has 0 aliphatic heterocycles. The van der Waals surface area contributed by atoms with Crippen LogP contribution in [0.4, 0.5) is 0 Å². The van der Waals surface area contributed by atoms with Crippen molar-refractivity contribution in [1.29, 1.82) is 0 Å². The molecule has 0 N–H and O–H groups in total. The van der Waals surface area contributed by atoms with Crippen LogP contribution in [0.2, 0.25) is 0 Å². The molecule has 0 bridgehead atoms. The van der Waals surface area contributed by atoms with Crippen molar-refractivity contribution < 1.29 is 4.79 Å². The molecule has 1 rings (SSSR count). The van der Waals surface area contributed by atoms with Gasteiger partial charge in [0.05, 0.1) is 0 Å². The number of carbonyl (C=O) groups excluding carboxylic acids is 1. The molecule has 0 amide bonds. The summed E-state index contributed by atoms with van der Waals surface area (Å²) >= 11 is 0. The summed E-state index contributed by atoms with van der Waals surface area (Å²) in [5, 5.41) is 0. The van der Waals surface area contributed by atoms with Crippen molar-refractivity contribution in [2.45, 2.75) is 20.3 Å². The number of carbonyl (C=O) groups is 1. The highest BCUT2D eigenvalue weighted by atomic mass is 16.1. The van der Waals surface area contributed by atoms with Crippen LogP contribution in [0.1, 0.15) is 20.3 Å². The average molecular weight is 167 g/mol. The Labute approximate surface area is 74.2 Å². The van der Waals surface area contributed by atoms with Crippen molar-refractivity contribution in [3.05, 3.63) is 12.3 Å². The van der Waals surface area contributed by atoms with Crippen LogP contribution < -0.4 is 0 Å². The molecule has 1 unspecified atom stereocenters. The highest BCUT2D eigenvalue weighted by Crippen LogP contribution is 2.52. The molecule has 0 aromatic rings. The number of hydrogen-bond acceptors (Lipinski definition) is 2. The third-order valence-electron chi connectivity index (χ3n) is 2.39. The zero-order valence-corrected chi connectivity index (χ0v) is 8.29. The van der Waals surface area contributed by atoms with Crippen molar-refractivity contribution in [3.8, 4) is 0 Å². The lowest BCUT2D eigenvalue weighted by Crippen LogP contribution is -2.06. The van der Waals surface area contributed by atoms with E-state index in [-0.39, 0.29) is 17.1 Å². The first-order valence-electron chi connectivity index (χ1n) is 4.32. The lowest BCUT2D eigenvalue weighted by atomic mass is 10.1. The lowest BCUT2D eigenvalue weighted by molar-refractivity contribution is -0.116. The van der Waals surface area contributed by atoms with Crippen LogP contribution in [0, 0.1) is 11.3 Å². The minimum atomic E-state index is 0.258. The molecule has 0 radical (unpaired) electrons. The molecule has 0 heterocycles. The van der Waals surface area contributed by atoms with Crippen LogP contribution in [-0.2, 0) is 4.79 Å². The van der Waals surface area contributed by atoms with Gasteiger partial charge in [0, 0.05) is 26.2 Å². The molecule has 0 saturated heterocycles. The van der Waals surface area contributed by atoms with E-state index >= 15 is 0 Å². The summed E-state index contributed by atoms with van der Waals surface area (Å²) in [4.78, 5) is 13.3. The van der Waals surface area contributed by atoms with Gasteiger partial charge in [-0.1, -0.05) is 13.8 Å². The number of nitrogens with zero attached hydrogens (tertiary/aromatic N) is 1. The fourth-order valence-electron chi connectivity index (χ4n) is 1.29. The van der Waals surface area contributed by atoms with Gasteiger partial charge in [-0.2, -0.15) is 0 Å². The minimum absolute atomic E-state index is 0.258. The summed E-state index contributed by atoms with van der Waals surface area (Å²) in [6.07, 6.45) is 4.54. The molecule has 1 atom stereocenters.